The Morgan fingerprint density at radius 2 is 2.27 bits per heavy atom. The van der Waals surface area contributed by atoms with Gasteiger partial charge in [0, 0.05) is 12.6 Å². The monoisotopic (exact) mass is 157 g/mol. The molecule has 0 spiro atoms. The molecule has 3 heteroatoms. The lowest BCUT2D eigenvalue weighted by Gasteiger charge is -2.02. The minimum Gasteiger partial charge on any atom is -0.390 e. The zero-order chi connectivity index (χ0) is 8.53. The Hall–Kier alpha value is -0.540. The van der Waals surface area contributed by atoms with E-state index in [1.54, 1.807) is 0 Å². The Morgan fingerprint density at radius 3 is 2.82 bits per heavy atom. The van der Waals surface area contributed by atoms with Crippen molar-refractivity contribution in [1.29, 1.82) is 0 Å². The normalized spacial score (nSPS) is 13.7. The van der Waals surface area contributed by atoms with Crippen LogP contribution in [0, 0.1) is 0 Å². The number of hydrogen-bond donors (Lipinski definition) is 3. The first-order chi connectivity index (χ1) is 5.27. The zero-order valence-electron chi connectivity index (χ0n) is 7.22. The van der Waals surface area contributed by atoms with Gasteiger partial charge < -0.3 is 16.8 Å². The highest BCUT2D eigenvalue weighted by Crippen LogP contribution is 1.85. The quantitative estimate of drug-likeness (QED) is 0.482. The molecule has 0 aliphatic rings. The Bertz CT molecular complexity index is 99.5. The molecule has 0 saturated heterocycles. The number of nitrogens with one attached hydrogen (secondary N) is 1. The van der Waals surface area contributed by atoms with Crippen molar-refractivity contribution >= 4 is 0 Å². The summed E-state index contributed by atoms with van der Waals surface area (Å²) in [4.78, 5) is 0. The second-order valence-electron chi connectivity index (χ2n) is 2.72. The lowest BCUT2D eigenvalue weighted by molar-refractivity contribution is 0.685. The maximum atomic E-state index is 5.52. The van der Waals surface area contributed by atoms with Gasteiger partial charge in [0.25, 0.3) is 0 Å². The molecule has 66 valence electrons. The number of allylic oxidation sites excluding steroid dienone is 1. The molecule has 0 radical (unpaired) electrons. The van der Waals surface area contributed by atoms with Crippen molar-refractivity contribution in [2.45, 2.75) is 25.8 Å². The lowest BCUT2D eigenvalue weighted by atomic mass is 10.3. The molecule has 0 heterocycles. The molecule has 0 amide bonds. The highest BCUT2D eigenvalue weighted by atomic mass is 14.9. The van der Waals surface area contributed by atoms with E-state index in [-0.39, 0.29) is 6.04 Å². The van der Waals surface area contributed by atoms with Gasteiger partial charge >= 0.3 is 0 Å². The molecule has 3 nitrogen and oxygen atoms in total. The third-order valence-electron chi connectivity index (χ3n) is 1.25. The molecule has 5 N–H and O–H groups in total. The number of unbranched alkanes of at least 4 members (excludes halogenated alkanes) is 1. The molecule has 0 fully saturated rings. The molecule has 1 unspecified atom stereocenters. The van der Waals surface area contributed by atoms with Crippen LogP contribution in [0.1, 0.15) is 19.8 Å². The Labute approximate surface area is 68.8 Å². The van der Waals surface area contributed by atoms with Gasteiger partial charge in [0.15, 0.2) is 0 Å². The third kappa shape index (κ3) is 9.46. The van der Waals surface area contributed by atoms with Crippen molar-refractivity contribution in [2.24, 2.45) is 11.5 Å². The lowest BCUT2D eigenvalue weighted by Crippen LogP contribution is -2.27. The van der Waals surface area contributed by atoms with Crippen LogP contribution >= 0.6 is 0 Å². The Kier molecular flexibility index (Phi) is 7.19. The molecule has 1 atom stereocenters. The Morgan fingerprint density at radius 1 is 1.55 bits per heavy atom. The van der Waals surface area contributed by atoms with E-state index in [1.807, 2.05) is 13.1 Å². The van der Waals surface area contributed by atoms with Gasteiger partial charge in [0.2, 0.25) is 0 Å². The second kappa shape index (κ2) is 7.57. The van der Waals surface area contributed by atoms with Gasteiger partial charge in [-0.1, -0.05) is 6.08 Å². The van der Waals surface area contributed by atoms with Crippen LogP contribution in [0.4, 0.5) is 0 Å². The summed E-state index contributed by atoms with van der Waals surface area (Å²) in [6, 6.07) is 0.217. The third-order valence-corrected chi connectivity index (χ3v) is 1.25. The van der Waals surface area contributed by atoms with Crippen molar-refractivity contribution in [3.63, 3.8) is 0 Å². The molecule has 0 aromatic carbocycles. The van der Waals surface area contributed by atoms with E-state index in [1.165, 1.54) is 0 Å². The van der Waals surface area contributed by atoms with Crippen molar-refractivity contribution in [3.8, 4) is 0 Å². The van der Waals surface area contributed by atoms with Crippen LogP contribution in [-0.4, -0.2) is 19.1 Å². The van der Waals surface area contributed by atoms with E-state index < -0.39 is 0 Å². The van der Waals surface area contributed by atoms with E-state index >= 15 is 0 Å². The molecule has 0 bridgehead atoms. The van der Waals surface area contributed by atoms with Crippen molar-refractivity contribution in [2.75, 3.05) is 13.1 Å². The van der Waals surface area contributed by atoms with Gasteiger partial charge in [-0.3, -0.25) is 0 Å². The molecule has 0 aromatic heterocycles. The van der Waals surface area contributed by atoms with E-state index in [2.05, 4.69) is 11.4 Å². The zero-order valence-corrected chi connectivity index (χ0v) is 7.22. The maximum absolute atomic E-state index is 5.52. The molecular formula is C8H19N3. The fourth-order valence-corrected chi connectivity index (χ4v) is 0.656. The molecule has 0 aliphatic heterocycles. The van der Waals surface area contributed by atoms with E-state index in [0.717, 1.165) is 25.9 Å². The van der Waals surface area contributed by atoms with Gasteiger partial charge in [0.1, 0.15) is 0 Å². The molecule has 0 aliphatic carbocycles. The molecule has 11 heavy (non-hydrogen) atoms. The first-order valence-electron chi connectivity index (χ1n) is 4.11. The van der Waals surface area contributed by atoms with Gasteiger partial charge in [-0.2, -0.15) is 0 Å². The predicted octanol–water partition coefficient (Wildman–Crippen LogP) is 0.176. The molecule has 0 rings (SSSR count). The number of rotatable bonds is 6. The molecular weight excluding hydrogens is 138 g/mol. The van der Waals surface area contributed by atoms with Crippen LogP contribution in [0.3, 0.4) is 0 Å². The van der Waals surface area contributed by atoms with Gasteiger partial charge in [0.05, 0.1) is 0 Å². The first-order valence-corrected chi connectivity index (χ1v) is 4.11. The summed E-state index contributed by atoms with van der Waals surface area (Å²) in [5, 5.41) is 3.10. The average Bonchev–Trinajstić information content (AvgIpc) is 1.96. The van der Waals surface area contributed by atoms with Crippen molar-refractivity contribution < 1.29 is 0 Å². The maximum Gasteiger partial charge on any atom is 0.0290 e. The number of nitrogens with two attached hydrogens (primary N) is 2. The largest absolute Gasteiger partial charge is 0.390 e. The predicted molar refractivity (Wildman–Crippen MR) is 49.1 cm³/mol. The summed E-state index contributed by atoms with van der Waals surface area (Å²) in [7, 11) is 0. The first kappa shape index (κ1) is 10.5. The van der Waals surface area contributed by atoms with Crippen LogP contribution in [0.25, 0.3) is 0 Å². The van der Waals surface area contributed by atoms with Crippen LogP contribution in [0.15, 0.2) is 12.3 Å². The van der Waals surface area contributed by atoms with Crippen molar-refractivity contribution in [1.82, 2.24) is 5.32 Å². The minimum atomic E-state index is 0.217. The van der Waals surface area contributed by atoms with Crippen LogP contribution < -0.4 is 16.8 Å². The van der Waals surface area contributed by atoms with E-state index in [4.69, 9.17) is 11.5 Å². The van der Waals surface area contributed by atoms with Gasteiger partial charge in [-0.05, 0) is 32.5 Å². The van der Waals surface area contributed by atoms with E-state index in [0.29, 0.717) is 0 Å². The highest BCUT2D eigenvalue weighted by Gasteiger charge is 1.86. The van der Waals surface area contributed by atoms with Crippen LogP contribution in [-0.2, 0) is 0 Å². The summed E-state index contributed by atoms with van der Waals surface area (Å²) in [5.41, 5.74) is 10.8. The summed E-state index contributed by atoms with van der Waals surface area (Å²) in [6.07, 6.45) is 6.12. The summed E-state index contributed by atoms with van der Waals surface area (Å²) in [5.74, 6) is 0. The fraction of sp³-hybridized carbons (Fsp3) is 0.750. The second-order valence-corrected chi connectivity index (χ2v) is 2.72. The smallest absolute Gasteiger partial charge is 0.0290 e. The topological polar surface area (TPSA) is 64.1 Å². The Balaban J connectivity index is 3.03. The SMILES string of the molecule is CC(N)CN/C=C/CCCN. The molecule has 0 aromatic rings. The van der Waals surface area contributed by atoms with Crippen LogP contribution in [0.5, 0.6) is 0 Å². The summed E-state index contributed by atoms with van der Waals surface area (Å²) < 4.78 is 0. The van der Waals surface area contributed by atoms with Crippen molar-refractivity contribution in [3.05, 3.63) is 12.3 Å². The standard InChI is InChI=1S/C8H19N3/c1-8(10)7-11-6-4-2-3-5-9/h4,6,8,11H,2-3,5,7,9-10H2,1H3/b6-4+. The average molecular weight is 157 g/mol. The van der Waals surface area contributed by atoms with E-state index in [9.17, 15) is 0 Å². The highest BCUT2D eigenvalue weighted by molar-refractivity contribution is 4.80. The summed E-state index contributed by atoms with van der Waals surface area (Å²) in [6.45, 7) is 3.57. The van der Waals surface area contributed by atoms with Gasteiger partial charge in [-0.25, -0.2) is 0 Å². The minimum absolute atomic E-state index is 0.217. The van der Waals surface area contributed by atoms with Crippen LogP contribution in [0.2, 0.25) is 0 Å². The molecule has 0 saturated carbocycles. The van der Waals surface area contributed by atoms with Gasteiger partial charge in [-0.15, -0.1) is 0 Å². The number of hydrogen-bond acceptors (Lipinski definition) is 3. The fourth-order valence-electron chi connectivity index (χ4n) is 0.656. The summed E-state index contributed by atoms with van der Waals surface area (Å²) >= 11 is 0.